The Bertz CT molecular complexity index is 637. The van der Waals surface area contributed by atoms with E-state index < -0.39 is 10.2 Å². The minimum Gasteiger partial charge on any atom is -0.304 e. The molecule has 2 rings (SSSR count). The number of hydrogen-bond donors (Lipinski definition) is 0. The molecule has 24 heavy (non-hydrogen) atoms. The van der Waals surface area contributed by atoms with Gasteiger partial charge >= 0.3 is 0 Å². The second kappa shape index (κ2) is 7.95. The highest BCUT2D eigenvalue weighted by Gasteiger charge is 2.33. The summed E-state index contributed by atoms with van der Waals surface area (Å²) in [5.41, 5.74) is 2.16. The number of hydrogen-bond acceptors (Lipinski definition) is 4. The van der Waals surface area contributed by atoms with Crippen LogP contribution in [0.25, 0.3) is 0 Å². The van der Waals surface area contributed by atoms with Gasteiger partial charge in [0.1, 0.15) is 0 Å². The minimum absolute atomic E-state index is 0.172. The zero-order valence-electron chi connectivity index (χ0n) is 15.6. The molecule has 0 N–H and O–H groups in total. The summed E-state index contributed by atoms with van der Waals surface area (Å²) in [6.45, 7) is 6.75. The Kier molecular flexibility index (Phi) is 6.41. The minimum atomic E-state index is -3.36. The number of aryl methyl sites for hydroxylation is 1. The molecule has 0 radical (unpaired) electrons. The van der Waals surface area contributed by atoms with Crippen molar-refractivity contribution in [1.82, 2.24) is 23.3 Å². The fourth-order valence-corrected chi connectivity index (χ4v) is 5.02. The molecule has 1 saturated heterocycles. The Morgan fingerprint density at radius 1 is 1.29 bits per heavy atom. The van der Waals surface area contributed by atoms with Crippen molar-refractivity contribution >= 4 is 10.2 Å². The monoisotopic (exact) mass is 357 g/mol. The zero-order valence-corrected chi connectivity index (χ0v) is 16.4. The summed E-state index contributed by atoms with van der Waals surface area (Å²) in [7, 11) is 2.66. The lowest BCUT2D eigenvalue weighted by molar-refractivity contribution is 0.285. The maximum Gasteiger partial charge on any atom is 0.281 e. The lowest BCUT2D eigenvalue weighted by atomic mass is 9.96. The van der Waals surface area contributed by atoms with Crippen LogP contribution in [0.3, 0.4) is 0 Å². The van der Waals surface area contributed by atoms with Gasteiger partial charge in [-0.15, -0.1) is 0 Å². The second-order valence-corrected chi connectivity index (χ2v) is 8.64. The molecule has 8 heteroatoms. The van der Waals surface area contributed by atoms with Crippen molar-refractivity contribution in [2.75, 3.05) is 40.3 Å². The highest BCUT2D eigenvalue weighted by atomic mass is 32.2. The lowest BCUT2D eigenvalue weighted by Crippen LogP contribution is -2.47. The van der Waals surface area contributed by atoms with Gasteiger partial charge in [0.2, 0.25) is 0 Å². The molecule has 0 aromatic carbocycles. The van der Waals surface area contributed by atoms with Gasteiger partial charge in [-0.05, 0) is 33.0 Å². The SMILES string of the molecule is CCN(CC)S(=O)(=O)N1CCC[C@H](c2cc(CN(C)C)n(C)n2)C1. The predicted octanol–water partition coefficient (Wildman–Crippen LogP) is 1.25. The van der Waals surface area contributed by atoms with Crippen LogP contribution in [0.5, 0.6) is 0 Å². The summed E-state index contributed by atoms with van der Waals surface area (Å²) >= 11 is 0. The van der Waals surface area contributed by atoms with E-state index in [1.165, 1.54) is 4.31 Å². The quantitative estimate of drug-likeness (QED) is 0.737. The first kappa shape index (κ1) is 19.4. The normalized spacial score (nSPS) is 20.2. The van der Waals surface area contributed by atoms with E-state index in [9.17, 15) is 8.42 Å². The Hall–Kier alpha value is -0.960. The van der Waals surface area contributed by atoms with Gasteiger partial charge in [0, 0.05) is 45.7 Å². The van der Waals surface area contributed by atoms with Crippen molar-refractivity contribution in [2.24, 2.45) is 7.05 Å². The second-order valence-electron chi connectivity index (χ2n) is 6.71. The Morgan fingerprint density at radius 2 is 1.96 bits per heavy atom. The van der Waals surface area contributed by atoms with E-state index in [1.54, 1.807) is 4.31 Å². The van der Waals surface area contributed by atoms with Gasteiger partial charge in [-0.25, -0.2) is 0 Å². The standard InChI is InChI=1S/C16H31N5O2S/c1-6-20(7-2)24(22,23)21-10-8-9-14(12-21)16-11-15(13-18(3)4)19(5)17-16/h11,14H,6-10,12-13H2,1-5H3/t14-/m0/s1. The molecule has 7 nitrogen and oxygen atoms in total. The summed E-state index contributed by atoms with van der Waals surface area (Å²) < 4.78 is 30.6. The van der Waals surface area contributed by atoms with Gasteiger partial charge in [0.05, 0.1) is 11.4 Å². The molecule has 1 atom stereocenters. The van der Waals surface area contributed by atoms with Gasteiger partial charge in [0.15, 0.2) is 0 Å². The first-order chi connectivity index (χ1) is 11.3. The van der Waals surface area contributed by atoms with Crippen LogP contribution in [0.1, 0.15) is 44.0 Å². The van der Waals surface area contributed by atoms with E-state index in [1.807, 2.05) is 39.7 Å². The average Bonchev–Trinajstić information content (AvgIpc) is 2.89. The molecular formula is C16H31N5O2S. The molecule has 138 valence electrons. The molecule has 1 aliphatic heterocycles. The Morgan fingerprint density at radius 3 is 2.54 bits per heavy atom. The van der Waals surface area contributed by atoms with E-state index in [0.29, 0.717) is 26.2 Å². The smallest absolute Gasteiger partial charge is 0.281 e. The lowest BCUT2D eigenvalue weighted by Gasteiger charge is -2.34. The molecule has 0 aliphatic carbocycles. The molecule has 2 heterocycles. The van der Waals surface area contributed by atoms with Crippen molar-refractivity contribution in [1.29, 1.82) is 0 Å². The van der Waals surface area contributed by atoms with Gasteiger partial charge in [0.25, 0.3) is 10.2 Å². The number of rotatable bonds is 7. The maximum absolute atomic E-state index is 12.8. The number of piperidine rings is 1. The van der Waals surface area contributed by atoms with E-state index in [4.69, 9.17) is 0 Å². The van der Waals surface area contributed by atoms with Crippen molar-refractivity contribution in [2.45, 2.75) is 39.2 Å². The van der Waals surface area contributed by atoms with Crippen LogP contribution in [-0.4, -0.2) is 72.0 Å². The fraction of sp³-hybridized carbons (Fsp3) is 0.812. The molecule has 0 spiro atoms. The van der Waals surface area contributed by atoms with Crippen molar-refractivity contribution in [3.8, 4) is 0 Å². The highest BCUT2D eigenvalue weighted by molar-refractivity contribution is 7.86. The molecule has 1 aromatic heterocycles. The molecule has 0 amide bonds. The van der Waals surface area contributed by atoms with Crippen LogP contribution >= 0.6 is 0 Å². The summed E-state index contributed by atoms with van der Waals surface area (Å²) in [6.07, 6.45) is 1.87. The largest absolute Gasteiger partial charge is 0.304 e. The van der Waals surface area contributed by atoms with Crippen LogP contribution in [0.2, 0.25) is 0 Å². The number of aromatic nitrogens is 2. The summed E-state index contributed by atoms with van der Waals surface area (Å²) in [5, 5.41) is 4.64. The predicted molar refractivity (Wildman–Crippen MR) is 96.0 cm³/mol. The third-order valence-electron chi connectivity index (χ3n) is 4.63. The van der Waals surface area contributed by atoms with Crippen LogP contribution in [0.15, 0.2) is 6.07 Å². The molecule has 0 unspecified atom stereocenters. The first-order valence-electron chi connectivity index (χ1n) is 8.72. The van der Waals surface area contributed by atoms with Gasteiger partial charge in [-0.1, -0.05) is 13.8 Å². The Labute approximate surface area is 146 Å². The molecule has 1 aliphatic rings. The topological polar surface area (TPSA) is 61.7 Å². The molecule has 1 aromatic rings. The van der Waals surface area contributed by atoms with Crippen LogP contribution < -0.4 is 0 Å². The van der Waals surface area contributed by atoms with Crippen molar-refractivity contribution in [3.63, 3.8) is 0 Å². The zero-order chi connectivity index (χ0) is 17.9. The molecule has 0 bridgehead atoms. The average molecular weight is 358 g/mol. The summed E-state index contributed by atoms with van der Waals surface area (Å²) in [4.78, 5) is 2.11. The van der Waals surface area contributed by atoms with E-state index in [2.05, 4.69) is 16.1 Å². The first-order valence-corrected chi connectivity index (χ1v) is 10.1. The molecular weight excluding hydrogens is 326 g/mol. The molecule has 0 saturated carbocycles. The van der Waals surface area contributed by atoms with Crippen LogP contribution in [-0.2, 0) is 23.8 Å². The molecule has 1 fully saturated rings. The highest BCUT2D eigenvalue weighted by Crippen LogP contribution is 2.29. The summed E-state index contributed by atoms with van der Waals surface area (Å²) in [6, 6.07) is 2.12. The third kappa shape index (κ3) is 4.17. The fourth-order valence-electron chi connectivity index (χ4n) is 3.31. The van der Waals surface area contributed by atoms with E-state index in [0.717, 1.165) is 30.8 Å². The van der Waals surface area contributed by atoms with Gasteiger partial charge in [-0.3, -0.25) is 4.68 Å². The Balaban J connectivity index is 2.16. The van der Waals surface area contributed by atoms with Crippen molar-refractivity contribution in [3.05, 3.63) is 17.5 Å². The maximum atomic E-state index is 12.8. The van der Waals surface area contributed by atoms with Gasteiger partial charge < -0.3 is 4.90 Å². The van der Waals surface area contributed by atoms with E-state index in [-0.39, 0.29) is 5.92 Å². The van der Waals surface area contributed by atoms with Crippen LogP contribution in [0.4, 0.5) is 0 Å². The number of nitrogens with zero attached hydrogens (tertiary/aromatic N) is 5. The van der Waals surface area contributed by atoms with Crippen LogP contribution in [0, 0.1) is 0 Å². The van der Waals surface area contributed by atoms with Crippen molar-refractivity contribution < 1.29 is 8.42 Å². The third-order valence-corrected chi connectivity index (χ3v) is 6.79. The summed E-state index contributed by atoms with van der Waals surface area (Å²) in [5.74, 6) is 0.172. The van der Waals surface area contributed by atoms with Gasteiger partial charge in [-0.2, -0.15) is 22.1 Å². The van der Waals surface area contributed by atoms with E-state index >= 15 is 0 Å².